The first kappa shape index (κ1) is 12.0. The molecule has 2 fully saturated rings. The molecule has 0 aliphatic carbocycles. The first-order valence-corrected chi connectivity index (χ1v) is 6.04. The highest BCUT2D eigenvalue weighted by Crippen LogP contribution is 2.09. The van der Waals surface area contributed by atoms with Gasteiger partial charge in [0.2, 0.25) is 17.7 Å². The monoisotopic (exact) mass is 239 g/mol. The lowest BCUT2D eigenvalue weighted by Gasteiger charge is -2.27. The number of carbonyl (C=O) groups excluding carboxylic acids is 3. The van der Waals surface area contributed by atoms with Crippen LogP contribution >= 0.6 is 0 Å². The second-order valence-electron chi connectivity index (χ2n) is 4.51. The molecule has 2 aliphatic heterocycles. The van der Waals surface area contributed by atoms with Gasteiger partial charge in [0.05, 0.1) is 6.04 Å². The molecule has 0 aromatic heterocycles. The van der Waals surface area contributed by atoms with E-state index in [0.29, 0.717) is 6.42 Å². The molecule has 1 unspecified atom stereocenters. The number of carbonyl (C=O) groups is 3. The van der Waals surface area contributed by atoms with Gasteiger partial charge in [-0.05, 0) is 25.8 Å². The van der Waals surface area contributed by atoms with E-state index in [9.17, 15) is 14.4 Å². The Bertz CT molecular complexity index is 337. The van der Waals surface area contributed by atoms with Gasteiger partial charge in [-0.2, -0.15) is 0 Å². The Balaban J connectivity index is 1.85. The Morgan fingerprint density at radius 3 is 2.71 bits per heavy atom. The van der Waals surface area contributed by atoms with E-state index < -0.39 is 11.9 Å². The molecule has 0 bridgehead atoms. The van der Waals surface area contributed by atoms with E-state index in [1.807, 2.05) is 0 Å². The van der Waals surface area contributed by atoms with Gasteiger partial charge in [0.1, 0.15) is 6.04 Å². The van der Waals surface area contributed by atoms with Gasteiger partial charge in [-0.25, -0.2) is 0 Å². The van der Waals surface area contributed by atoms with Crippen molar-refractivity contribution in [3.8, 4) is 0 Å². The lowest BCUT2D eigenvalue weighted by atomic mass is 10.0. The van der Waals surface area contributed by atoms with E-state index in [2.05, 4.69) is 16.0 Å². The van der Waals surface area contributed by atoms with Crippen molar-refractivity contribution in [3.63, 3.8) is 0 Å². The second kappa shape index (κ2) is 5.27. The van der Waals surface area contributed by atoms with Gasteiger partial charge in [-0.15, -0.1) is 0 Å². The maximum Gasteiger partial charge on any atom is 0.249 e. The quantitative estimate of drug-likeness (QED) is 0.542. The van der Waals surface area contributed by atoms with Crippen LogP contribution in [0.2, 0.25) is 0 Å². The standard InChI is InChI=1S/C11H17N3O3/c15-9-5-4-8(11(17)14-9)13-10(16)7-3-1-2-6-12-7/h7-8,12H,1-6H2,(H,13,16)(H,14,15,17)/t7-,8?/m0/s1. The van der Waals surface area contributed by atoms with E-state index in [0.717, 1.165) is 25.8 Å². The summed E-state index contributed by atoms with van der Waals surface area (Å²) in [5.74, 6) is -0.805. The first-order chi connectivity index (χ1) is 8.16. The molecule has 6 heteroatoms. The van der Waals surface area contributed by atoms with Crippen molar-refractivity contribution in [1.29, 1.82) is 0 Å². The third-order valence-corrected chi connectivity index (χ3v) is 3.18. The van der Waals surface area contributed by atoms with Crippen molar-refractivity contribution in [1.82, 2.24) is 16.0 Å². The third-order valence-electron chi connectivity index (χ3n) is 3.18. The molecule has 0 radical (unpaired) electrons. The number of hydrogen-bond acceptors (Lipinski definition) is 4. The Kier molecular flexibility index (Phi) is 3.73. The van der Waals surface area contributed by atoms with Crippen LogP contribution in [0, 0.1) is 0 Å². The normalized spacial score (nSPS) is 29.6. The number of rotatable bonds is 2. The molecular formula is C11H17N3O3. The topological polar surface area (TPSA) is 87.3 Å². The maximum atomic E-state index is 11.9. The fourth-order valence-electron chi connectivity index (χ4n) is 2.18. The Labute approximate surface area is 99.5 Å². The second-order valence-corrected chi connectivity index (χ2v) is 4.51. The van der Waals surface area contributed by atoms with E-state index >= 15 is 0 Å². The molecule has 0 spiro atoms. The molecule has 2 saturated heterocycles. The molecule has 3 amide bonds. The molecular weight excluding hydrogens is 222 g/mol. The summed E-state index contributed by atoms with van der Waals surface area (Å²) in [7, 11) is 0. The van der Waals surface area contributed by atoms with Crippen LogP contribution < -0.4 is 16.0 Å². The van der Waals surface area contributed by atoms with Crippen LogP contribution in [0.3, 0.4) is 0 Å². The molecule has 6 nitrogen and oxygen atoms in total. The van der Waals surface area contributed by atoms with E-state index in [-0.39, 0.29) is 24.3 Å². The van der Waals surface area contributed by atoms with Crippen molar-refractivity contribution in [3.05, 3.63) is 0 Å². The van der Waals surface area contributed by atoms with Crippen molar-refractivity contribution in [2.24, 2.45) is 0 Å². The van der Waals surface area contributed by atoms with Gasteiger partial charge in [0.25, 0.3) is 0 Å². The molecule has 3 N–H and O–H groups in total. The van der Waals surface area contributed by atoms with Gasteiger partial charge < -0.3 is 10.6 Å². The van der Waals surface area contributed by atoms with Gasteiger partial charge >= 0.3 is 0 Å². The van der Waals surface area contributed by atoms with Crippen LogP contribution in [0.5, 0.6) is 0 Å². The van der Waals surface area contributed by atoms with Crippen LogP contribution in [0.4, 0.5) is 0 Å². The van der Waals surface area contributed by atoms with Gasteiger partial charge in [0, 0.05) is 6.42 Å². The number of nitrogens with one attached hydrogen (secondary N) is 3. The van der Waals surface area contributed by atoms with Crippen molar-refractivity contribution < 1.29 is 14.4 Å². The van der Waals surface area contributed by atoms with Crippen molar-refractivity contribution >= 4 is 17.7 Å². The van der Waals surface area contributed by atoms with Crippen molar-refractivity contribution in [2.45, 2.75) is 44.2 Å². The summed E-state index contributed by atoms with van der Waals surface area (Å²) in [6, 6.07) is -0.766. The van der Waals surface area contributed by atoms with Gasteiger partial charge in [-0.3, -0.25) is 19.7 Å². The Hall–Kier alpha value is -1.43. The summed E-state index contributed by atoms with van der Waals surface area (Å²) in [6.07, 6.45) is 3.60. The summed E-state index contributed by atoms with van der Waals surface area (Å²) < 4.78 is 0. The summed E-state index contributed by atoms with van der Waals surface area (Å²) in [6.45, 7) is 0.841. The number of imide groups is 1. The molecule has 2 atom stereocenters. The van der Waals surface area contributed by atoms with E-state index in [1.165, 1.54) is 0 Å². The lowest BCUT2D eigenvalue weighted by Crippen LogP contribution is -2.56. The fourth-order valence-corrected chi connectivity index (χ4v) is 2.18. The fraction of sp³-hybridized carbons (Fsp3) is 0.727. The van der Waals surface area contributed by atoms with E-state index in [4.69, 9.17) is 0 Å². The first-order valence-electron chi connectivity index (χ1n) is 6.04. The maximum absolute atomic E-state index is 11.9. The van der Waals surface area contributed by atoms with Crippen molar-refractivity contribution in [2.75, 3.05) is 6.54 Å². The number of piperidine rings is 2. The Morgan fingerprint density at radius 2 is 2.06 bits per heavy atom. The average Bonchev–Trinajstić information content (AvgIpc) is 2.34. The highest BCUT2D eigenvalue weighted by Gasteiger charge is 2.30. The third kappa shape index (κ3) is 3.03. The SMILES string of the molecule is O=C1CCC(NC(=O)[C@@H]2CCCCN2)C(=O)N1. The number of hydrogen-bond donors (Lipinski definition) is 3. The van der Waals surface area contributed by atoms with Crippen LogP contribution in [0.15, 0.2) is 0 Å². The number of amides is 3. The minimum absolute atomic E-state index is 0.140. The highest BCUT2D eigenvalue weighted by molar-refractivity contribution is 6.02. The average molecular weight is 239 g/mol. The largest absolute Gasteiger partial charge is 0.343 e. The molecule has 17 heavy (non-hydrogen) atoms. The molecule has 94 valence electrons. The van der Waals surface area contributed by atoms with Crippen LogP contribution in [-0.2, 0) is 14.4 Å². The van der Waals surface area contributed by atoms with Gasteiger partial charge in [-0.1, -0.05) is 6.42 Å². The summed E-state index contributed by atoms with van der Waals surface area (Å²) in [5, 5.41) is 8.04. The van der Waals surface area contributed by atoms with Gasteiger partial charge in [0.15, 0.2) is 0 Å². The zero-order chi connectivity index (χ0) is 12.3. The molecule has 0 aromatic carbocycles. The van der Waals surface area contributed by atoms with Crippen LogP contribution in [0.1, 0.15) is 32.1 Å². The zero-order valence-corrected chi connectivity index (χ0v) is 9.62. The molecule has 0 saturated carbocycles. The van der Waals surface area contributed by atoms with Crippen LogP contribution in [0.25, 0.3) is 0 Å². The molecule has 2 heterocycles. The predicted octanol–water partition coefficient (Wildman–Crippen LogP) is -0.950. The summed E-state index contributed by atoms with van der Waals surface area (Å²) in [5.41, 5.74) is 0. The van der Waals surface area contributed by atoms with E-state index in [1.54, 1.807) is 0 Å². The summed E-state index contributed by atoms with van der Waals surface area (Å²) >= 11 is 0. The highest BCUT2D eigenvalue weighted by atomic mass is 16.2. The predicted molar refractivity (Wildman–Crippen MR) is 60.0 cm³/mol. The Morgan fingerprint density at radius 1 is 1.24 bits per heavy atom. The minimum Gasteiger partial charge on any atom is -0.343 e. The smallest absolute Gasteiger partial charge is 0.249 e. The zero-order valence-electron chi connectivity index (χ0n) is 9.62. The molecule has 0 aromatic rings. The molecule has 2 aliphatic rings. The summed E-state index contributed by atoms with van der Waals surface area (Å²) in [4.78, 5) is 34.3. The van der Waals surface area contributed by atoms with Crippen LogP contribution in [-0.4, -0.2) is 36.3 Å². The minimum atomic E-state index is -0.566. The lowest BCUT2D eigenvalue weighted by molar-refractivity contribution is -0.137. The molecule has 2 rings (SSSR count).